The fraction of sp³-hybridized carbons (Fsp3) is 0.0526. The van der Waals surface area contributed by atoms with Crippen molar-refractivity contribution in [3.63, 3.8) is 0 Å². The Morgan fingerprint density at radius 3 is 1.50 bits per heavy atom. The molecule has 0 unspecified atom stereocenters. The quantitative estimate of drug-likeness (QED) is 0.650. The molecular formula is C19H17Se+. The summed E-state index contributed by atoms with van der Waals surface area (Å²) in [6.07, 6.45) is 0. The molecule has 0 atom stereocenters. The predicted octanol–water partition coefficient (Wildman–Crippen LogP) is 2.51. The molecule has 3 aromatic rings. The molecule has 0 saturated heterocycles. The molecule has 0 aromatic heterocycles. The second-order valence-electron chi connectivity index (χ2n) is 4.70. The van der Waals surface area contributed by atoms with Crippen molar-refractivity contribution in [3.8, 4) is 0 Å². The van der Waals surface area contributed by atoms with Gasteiger partial charge < -0.3 is 0 Å². The number of rotatable bonds is 3. The van der Waals surface area contributed by atoms with Crippen molar-refractivity contribution in [2.24, 2.45) is 0 Å². The Balaban J connectivity index is 2.17. The van der Waals surface area contributed by atoms with E-state index in [1.54, 1.807) is 0 Å². The molecule has 0 radical (unpaired) electrons. The van der Waals surface area contributed by atoms with Gasteiger partial charge in [0.2, 0.25) is 0 Å². The fourth-order valence-corrected chi connectivity index (χ4v) is 7.00. The molecule has 3 aromatic carbocycles. The third-order valence-corrected chi connectivity index (χ3v) is 8.28. The van der Waals surface area contributed by atoms with E-state index in [2.05, 4.69) is 91.9 Å². The van der Waals surface area contributed by atoms with Crippen LogP contribution in [0.2, 0.25) is 0 Å². The van der Waals surface area contributed by atoms with Gasteiger partial charge in [-0.25, -0.2) is 0 Å². The molecule has 0 aliphatic rings. The Bertz CT molecular complexity index is 635. The molecule has 20 heavy (non-hydrogen) atoms. The van der Waals surface area contributed by atoms with E-state index in [-0.39, 0.29) is 0 Å². The number of benzene rings is 3. The Morgan fingerprint density at radius 2 is 1.00 bits per heavy atom. The van der Waals surface area contributed by atoms with Crippen molar-refractivity contribution in [2.75, 3.05) is 0 Å². The van der Waals surface area contributed by atoms with Gasteiger partial charge in [-0.1, -0.05) is 0 Å². The zero-order valence-corrected chi connectivity index (χ0v) is 13.2. The van der Waals surface area contributed by atoms with Crippen LogP contribution < -0.4 is 13.4 Å². The summed E-state index contributed by atoms with van der Waals surface area (Å²) in [5, 5.41) is 0. The summed E-state index contributed by atoms with van der Waals surface area (Å²) < 4.78 is 4.44. The van der Waals surface area contributed by atoms with Crippen LogP contribution in [-0.4, -0.2) is 13.9 Å². The molecule has 0 aliphatic carbocycles. The van der Waals surface area contributed by atoms with E-state index < -0.39 is 13.9 Å². The molecule has 98 valence electrons. The van der Waals surface area contributed by atoms with Crippen molar-refractivity contribution in [3.05, 3.63) is 90.5 Å². The molecule has 0 amide bonds. The Kier molecular flexibility index (Phi) is 4.01. The monoisotopic (exact) mass is 325 g/mol. The first-order valence-corrected chi connectivity index (χ1v) is 9.33. The Labute approximate surface area is 125 Å². The molecule has 3 rings (SSSR count). The zero-order chi connectivity index (χ0) is 13.8. The standard InChI is InChI=1S/C19H17Se/c1-16-10-8-9-15-19(16)20(17-11-4-2-5-12-17)18-13-6-3-7-14-18/h2-15H,1H3/q+1. The second-order valence-corrected chi connectivity index (χ2v) is 8.88. The summed E-state index contributed by atoms with van der Waals surface area (Å²) in [5.74, 6) is 0. The molecular weight excluding hydrogens is 307 g/mol. The van der Waals surface area contributed by atoms with Crippen LogP contribution in [0.25, 0.3) is 0 Å². The number of hydrogen-bond acceptors (Lipinski definition) is 0. The van der Waals surface area contributed by atoms with E-state index in [4.69, 9.17) is 0 Å². The molecule has 0 nitrogen and oxygen atoms in total. The van der Waals surface area contributed by atoms with Crippen molar-refractivity contribution in [1.29, 1.82) is 0 Å². The molecule has 0 heterocycles. The van der Waals surface area contributed by atoms with Gasteiger partial charge in [0.1, 0.15) is 0 Å². The van der Waals surface area contributed by atoms with Crippen LogP contribution in [0.1, 0.15) is 5.56 Å². The first-order chi connectivity index (χ1) is 9.86. The summed E-state index contributed by atoms with van der Waals surface area (Å²) in [4.78, 5) is 0. The third kappa shape index (κ3) is 2.70. The van der Waals surface area contributed by atoms with Gasteiger partial charge in [-0.05, 0) is 0 Å². The van der Waals surface area contributed by atoms with Crippen molar-refractivity contribution < 1.29 is 0 Å². The molecule has 0 N–H and O–H groups in total. The zero-order valence-electron chi connectivity index (χ0n) is 11.5. The van der Waals surface area contributed by atoms with Crippen molar-refractivity contribution >= 4 is 27.3 Å². The van der Waals surface area contributed by atoms with E-state index in [0.29, 0.717) is 0 Å². The molecule has 0 saturated carbocycles. The summed E-state index contributed by atoms with van der Waals surface area (Å²) in [5.41, 5.74) is 1.39. The second kappa shape index (κ2) is 6.09. The normalized spacial score (nSPS) is 10.7. The molecule has 0 spiro atoms. The third-order valence-electron chi connectivity index (χ3n) is 3.27. The van der Waals surface area contributed by atoms with Crippen molar-refractivity contribution in [1.82, 2.24) is 0 Å². The Hall–Kier alpha value is -1.82. The summed E-state index contributed by atoms with van der Waals surface area (Å²) in [6.45, 7) is 2.22. The topological polar surface area (TPSA) is 0 Å². The van der Waals surface area contributed by atoms with E-state index in [9.17, 15) is 0 Å². The SMILES string of the molecule is Cc1ccccc1[Se+](c1ccccc1)c1ccccc1. The average Bonchev–Trinajstić information content (AvgIpc) is 2.52. The van der Waals surface area contributed by atoms with Crippen LogP contribution in [0.5, 0.6) is 0 Å². The van der Waals surface area contributed by atoms with Crippen LogP contribution in [-0.2, 0) is 0 Å². The van der Waals surface area contributed by atoms with Crippen LogP contribution in [0.15, 0.2) is 84.9 Å². The minimum absolute atomic E-state index is 1.18. The average molecular weight is 324 g/mol. The number of aryl methyl sites for hydroxylation is 1. The molecule has 0 bridgehead atoms. The molecule has 0 aliphatic heterocycles. The van der Waals surface area contributed by atoms with Gasteiger partial charge in [-0.3, -0.25) is 0 Å². The van der Waals surface area contributed by atoms with Gasteiger partial charge in [0.05, 0.1) is 0 Å². The van der Waals surface area contributed by atoms with E-state index in [1.165, 1.54) is 18.9 Å². The number of hydrogen-bond donors (Lipinski definition) is 0. The van der Waals surface area contributed by atoms with E-state index in [1.807, 2.05) is 0 Å². The van der Waals surface area contributed by atoms with Gasteiger partial charge in [0.15, 0.2) is 0 Å². The fourth-order valence-electron chi connectivity index (χ4n) is 2.29. The van der Waals surface area contributed by atoms with Gasteiger partial charge in [0.25, 0.3) is 0 Å². The van der Waals surface area contributed by atoms with Gasteiger partial charge in [-0.2, -0.15) is 0 Å². The summed E-state index contributed by atoms with van der Waals surface area (Å²) >= 11 is -1.18. The van der Waals surface area contributed by atoms with Gasteiger partial charge >= 0.3 is 125 Å². The van der Waals surface area contributed by atoms with Crippen LogP contribution in [0.4, 0.5) is 0 Å². The first-order valence-electron chi connectivity index (χ1n) is 6.76. The van der Waals surface area contributed by atoms with E-state index >= 15 is 0 Å². The predicted molar refractivity (Wildman–Crippen MR) is 88.7 cm³/mol. The van der Waals surface area contributed by atoms with Crippen LogP contribution >= 0.6 is 0 Å². The molecule has 0 fully saturated rings. The van der Waals surface area contributed by atoms with Gasteiger partial charge in [0, 0.05) is 0 Å². The summed E-state index contributed by atoms with van der Waals surface area (Å²) in [7, 11) is 0. The van der Waals surface area contributed by atoms with Crippen molar-refractivity contribution in [2.45, 2.75) is 6.92 Å². The summed E-state index contributed by atoms with van der Waals surface area (Å²) in [6, 6.07) is 30.6. The minimum atomic E-state index is -1.18. The van der Waals surface area contributed by atoms with Crippen LogP contribution in [0, 0.1) is 6.92 Å². The molecule has 1 heteroatoms. The van der Waals surface area contributed by atoms with E-state index in [0.717, 1.165) is 0 Å². The first kappa shape index (κ1) is 13.2. The van der Waals surface area contributed by atoms with Gasteiger partial charge in [-0.15, -0.1) is 0 Å². The maximum atomic E-state index is 2.29. The van der Waals surface area contributed by atoms with Crippen LogP contribution in [0.3, 0.4) is 0 Å². The maximum absolute atomic E-state index is 2.29. The Morgan fingerprint density at radius 1 is 0.550 bits per heavy atom.